The van der Waals surface area contributed by atoms with E-state index in [9.17, 15) is 9.59 Å². The number of carbonyl (C=O) groups is 2. The molecule has 4 nitrogen and oxygen atoms in total. The van der Waals surface area contributed by atoms with E-state index < -0.39 is 0 Å². The van der Waals surface area contributed by atoms with Gasteiger partial charge in [-0.15, -0.1) is 0 Å². The van der Waals surface area contributed by atoms with Crippen molar-refractivity contribution in [1.82, 2.24) is 10.2 Å². The van der Waals surface area contributed by atoms with Crippen LogP contribution in [0.1, 0.15) is 38.2 Å². The highest BCUT2D eigenvalue weighted by Gasteiger charge is 2.42. The van der Waals surface area contributed by atoms with E-state index >= 15 is 0 Å². The van der Waals surface area contributed by atoms with Crippen molar-refractivity contribution >= 4 is 11.8 Å². The molecule has 0 spiro atoms. The first-order valence-corrected chi connectivity index (χ1v) is 7.75. The third-order valence-electron chi connectivity index (χ3n) is 4.60. The van der Waals surface area contributed by atoms with E-state index in [1.807, 2.05) is 18.2 Å². The van der Waals surface area contributed by atoms with Gasteiger partial charge in [-0.2, -0.15) is 0 Å². The summed E-state index contributed by atoms with van der Waals surface area (Å²) >= 11 is 0. The van der Waals surface area contributed by atoms with E-state index in [0.717, 1.165) is 25.7 Å². The number of benzene rings is 1. The van der Waals surface area contributed by atoms with E-state index in [4.69, 9.17) is 0 Å². The van der Waals surface area contributed by atoms with Crippen LogP contribution in [0, 0.1) is 0 Å². The summed E-state index contributed by atoms with van der Waals surface area (Å²) in [7, 11) is 0. The second-order valence-electron chi connectivity index (χ2n) is 6.21. The van der Waals surface area contributed by atoms with Gasteiger partial charge in [0.2, 0.25) is 11.8 Å². The van der Waals surface area contributed by atoms with Gasteiger partial charge in [-0.3, -0.25) is 9.59 Å². The topological polar surface area (TPSA) is 49.4 Å². The van der Waals surface area contributed by atoms with Crippen molar-refractivity contribution in [2.24, 2.45) is 0 Å². The number of hydrogen-bond acceptors (Lipinski definition) is 2. The van der Waals surface area contributed by atoms with Gasteiger partial charge in [0, 0.05) is 31.5 Å². The number of carbonyl (C=O) groups excluding carboxylic acids is 2. The molecule has 2 saturated heterocycles. The zero-order valence-electron chi connectivity index (χ0n) is 12.4. The van der Waals surface area contributed by atoms with E-state index in [1.54, 1.807) is 6.92 Å². The molecule has 1 aromatic rings. The predicted molar refractivity (Wildman–Crippen MR) is 80.6 cm³/mol. The Morgan fingerprint density at radius 2 is 2.05 bits per heavy atom. The molecule has 2 heterocycles. The Bertz CT molecular complexity index is 529. The molecule has 0 aliphatic carbocycles. The highest BCUT2D eigenvalue weighted by molar-refractivity contribution is 5.79. The van der Waals surface area contributed by atoms with E-state index in [-0.39, 0.29) is 23.9 Å². The van der Waals surface area contributed by atoms with Gasteiger partial charge >= 0.3 is 0 Å². The maximum atomic E-state index is 12.2. The molecule has 1 aromatic carbocycles. The van der Waals surface area contributed by atoms with E-state index in [1.165, 1.54) is 5.56 Å². The molecular weight excluding hydrogens is 264 g/mol. The molecule has 0 saturated carbocycles. The number of hydrogen-bond donors (Lipinski definition) is 1. The number of amides is 2. The molecule has 1 N–H and O–H groups in total. The fourth-order valence-electron chi connectivity index (χ4n) is 3.83. The summed E-state index contributed by atoms with van der Waals surface area (Å²) in [5.74, 6) is 0.304. The van der Waals surface area contributed by atoms with Crippen molar-refractivity contribution in [3.63, 3.8) is 0 Å². The van der Waals surface area contributed by atoms with Gasteiger partial charge < -0.3 is 10.2 Å². The Hall–Kier alpha value is -1.84. The summed E-state index contributed by atoms with van der Waals surface area (Å²) in [6.45, 7) is 1.57. The van der Waals surface area contributed by atoms with Crippen molar-refractivity contribution in [2.75, 3.05) is 0 Å². The van der Waals surface area contributed by atoms with Crippen LogP contribution in [0.2, 0.25) is 0 Å². The van der Waals surface area contributed by atoms with E-state index in [0.29, 0.717) is 12.5 Å². The number of nitrogens with zero attached hydrogens (tertiary/aromatic N) is 1. The first-order chi connectivity index (χ1) is 10.1. The Morgan fingerprint density at radius 3 is 2.76 bits per heavy atom. The lowest BCUT2D eigenvalue weighted by molar-refractivity contribution is -0.133. The maximum absolute atomic E-state index is 12.2. The average Bonchev–Trinajstić information content (AvgIpc) is 2.81. The Balaban J connectivity index is 1.77. The second-order valence-corrected chi connectivity index (χ2v) is 6.21. The SMILES string of the molecule is CC(=O)NC1CC2CCC(=O)N2C(Cc2ccccc2)C1. The monoisotopic (exact) mass is 286 g/mol. The van der Waals surface area contributed by atoms with Crippen LogP contribution in [0.25, 0.3) is 0 Å². The summed E-state index contributed by atoms with van der Waals surface area (Å²) in [6.07, 6.45) is 4.22. The molecule has 2 aliphatic rings. The highest BCUT2D eigenvalue weighted by atomic mass is 16.2. The normalized spacial score (nSPS) is 28.3. The minimum Gasteiger partial charge on any atom is -0.353 e. The number of fused-ring (bicyclic) bond motifs is 1. The summed E-state index contributed by atoms with van der Waals surface area (Å²) < 4.78 is 0. The zero-order valence-corrected chi connectivity index (χ0v) is 12.4. The second kappa shape index (κ2) is 5.88. The molecule has 21 heavy (non-hydrogen) atoms. The Labute approximate surface area is 125 Å². The molecule has 2 amide bonds. The van der Waals surface area contributed by atoms with Crippen molar-refractivity contribution in [3.05, 3.63) is 35.9 Å². The summed E-state index contributed by atoms with van der Waals surface area (Å²) in [4.78, 5) is 25.6. The first kappa shape index (κ1) is 14.1. The van der Waals surface area contributed by atoms with Crippen LogP contribution in [-0.4, -0.2) is 34.8 Å². The third kappa shape index (κ3) is 3.09. The standard InChI is InChI=1S/C17H22N2O2/c1-12(20)18-14-10-15-7-8-17(21)19(15)16(11-14)9-13-5-3-2-4-6-13/h2-6,14-16H,7-11H2,1H3,(H,18,20). The first-order valence-electron chi connectivity index (χ1n) is 7.75. The smallest absolute Gasteiger partial charge is 0.223 e. The van der Waals surface area contributed by atoms with Gasteiger partial charge in [0.1, 0.15) is 0 Å². The van der Waals surface area contributed by atoms with Gasteiger partial charge in [-0.1, -0.05) is 30.3 Å². The fourth-order valence-corrected chi connectivity index (χ4v) is 3.83. The number of nitrogens with one attached hydrogen (secondary N) is 1. The lowest BCUT2D eigenvalue weighted by Gasteiger charge is -2.42. The molecule has 4 heteroatoms. The summed E-state index contributed by atoms with van der Waals surface area (Å²) in [5.41, 5.74) is 1.25. The predicted octanol–water partition coefficient (Wildman–Crippen LogP) is 1.89. The van der Waals surface area contributed by atoms with Crippen LogP contribution in [-0.2, 0) is 16.0 Å². The van der Waals surface area contributed by atoms with Crippen molar-refractivity contribution in [3.8, 4) is 0 Å². The van der Waals surface area contributed by atoms with Crippen LogP contribution < -0.4 is 5.32 Å². The molecule has 2 fully saturated rings. The Morgan fingerprint density at radius 1 is 1.29 bits per heavy atom. The zero-order chi connectivity index (χ0) is 14.8. The van der Waals surface area contributed by atoms with E-state index in [2.05, 4.69) is 22.3 Å². The summed E-state index contributed by atoms with van der Waals surface area (Å²) in [6, 6.07) is 11.0. The average molecular weight is 286 g/mol. The lowest BCUT2D eigenvalue weighted by atomic mass is 9.88. The van der Waals surface area contributed by atoms with Crippen LogP contribution in [0.15, 0.2) is 30.3 Å². The Kier molecular flexibility index (Phi) is 3.95. The molecular formula is C17H22N2O2. The molecule has 112 valence electrons. The van der Waals surface area contributed by atoms with Gasteiger partial charge in [0.25, 0.3) is 0 Å². The van der Waals surface area contributed by atoms with Crippen LogP contribution in [0.5, 0.6) is 0 Å². The number of rotatable bonds is 3. The number of piperidine rings is 1. The minimum absolute atomic E-state index is 0.0243. The molecule has 2 aliphatic heterocycles. The third-order valence-corrected chi connectivity index (χ3v) is 4.60. The molecule has 3 rings (SSSR count). The molecule has 3 unspecified atom stereocenters. The van der Waals surface area contributed by atoms with Gasteiger partial charge in [-0.05, 0) is 31.2 Å². The van der Waals surface area contributed by atoms with Crippen molar-refractivity contribution < 1.29 is 9.59 Å². The van der Waals surface area contributed by atoms with Crippen LogP contribution in [0.4, 0.5) is 0 Å². The molecule has 0 bridgehead atoms. The van der Waals surface area contributed by atoms with Gasteiger partial charge in [0.15, 0.2) is 0 Å². The highest BCUT2D eigenvalue weighted by Crippen LogP contribution is 2.33. The van der Waals surface area contributed by atoms with Crippen molar-refractivity contribution in [2.45, 2.75) is 57.2 Å². The van der Waals surface area contributed by atoms with Gasteiger partial charge in [0.05, 0.1) is 0 Å². The lowest BCUT2D eigenvalue weighted by Crippen LogP contribution is -2.54. The summed E-state index contributed by atoms with van der Waals surface area (Å²) in [5, 5.41) is 3.05. The minimum atomic E-state index is 0.0243. The largest absolute Gasteiger partial charge is 0.353 e. The molecule has 3 atom stereocenters. The maximum Gasteiger partial charge on any atom is 0.223 e. The molecule has 0 radical (unpaired) electrons. The van der Waals surface area contributed by atoms with Crippen molar-refractivity contribution in [1.29, 1.82) is 0 Å². The van der Waals surface area contributed by atoms with Crippen LogP contribution in [0.3, 0.4) is 0 Å². The quantitative estimate of drug-likeness (QED) is 0.922. The fraction of sp³-hybridized carbons (Fsp3) is 0.529. The van der Waals surface area contributed by atoms with Gasteiger partial charge in [-0.25, -0.2) is 0 Å². The molecule has 0 aromatic heterocycles. The van der Waals surface area contributed by atoms with Crippen LogP contribution >= 0.6 is 0 Å².